The van der Waals surface area contributed by atoms with Crippen LogP contribution in [-0.4, -0.2) is 16.3 Å². The SMILES string of the molecule is C[C@]12CC[C@@H]3c4cc(Br)c(O)cc4CC[C@H]3[C@@H]1CC[C@H]2O. The molecular weight excluding hydrogens is 328 g/mol. The Morgan fingerprint density at radius 3 is 2.81 bits per heavy atom. The summed E-state index contributed by atoms with van der Waals surface area (Å²) < 4.78 is 0.821. The van der Waals surface area contributed by atoms with Crippen molar-refractivity contribution in [2.45, 2.75) is 57.5 Å². The minimum Gasteiger partial charge on any atom is -0.507 e. The van der Waals surface area contributed by atoms with Crippen LogP contribution in [-0.2, 0) is 6.42 Å². The number of aryl methyl sites for hydroxylation is 1. The highest BCUT2D eigenvalue weighted by Crippen LogP contribution is 2.61. The third kappa shape index (κ3) is 1.93. The largest absolute Gasteiger partial charge is 0.507 e. The van der Waals surface area contributed by atoms with Gasteiger partial charge < -0.3 is 10.2 Å². The fourth-order valence-electron chi connectivity index (χ4n) is 5.55. The first-order chi connectivity index (χ1) is 10.0. The Kier molecular flexibility index (Phi) is 3.17. The second kappa shape index (κ2) is 4.73. The summed E-state index contributed by atoms with van der Waals surface area (Å²) in [5, 5.41) is 20.3. The second-order valence-electron chi connectivity index (χ2n) is 7.56. The molecule has 1 aromatic carbocycles. The minimum absolute atomic E-state index is 0.101. The summed E-state index contributed by atoms with van der Waals surface area (Å²) in [6, 6.07) is 4.10. The van der Waals surface area contributed by atoms with Crippen molar-refractivity contribution < 1.29 is 10.2 Å². The average molecular weight is 351 g/mol. The summed E-state index contributed by atoms with van der Waals surface area (Å²) >= 11 is 3.48. The smallest absolute Gasteiger partial charge is 0.130 e. The number of aromatic hydroxyl groups is 1. The highest BCUT2D eigenvalue weighted by molar-refractivity contribution is 9.10. The van der Waals surface area contributed by atoms with Crippen LogP contribution in [0.15, 0.2) is 16.6 Å². The van der Waals surface area contributed by atoms with Crippen LogP contribution in [0.3, 0.4) is 0 Å². The van der Waals surface area contributed by atoms with E-state index in [4.69, 9.17) is 0 Å². The van der Waals surface area contributed by atoms with E-state index in [1.807, 2.05) is 6.07 Å². The van der Waals surface area contributed by atoms with E-state index in [0.717, 1.165) is 23.7 Å². The highest BCUT2D eigenvalue weighted by atomic mass is 79.9. The number of benzene rings is 1. The number of phenols is 1. The Bertz CT molecular complexity index is 585. The number of phenolic OH excluding ortho intramolecular Hbond substituents is 1. The molecule has 0 amide bonds. The lowest BCUT2D eigenvalue weighted by molar-refractivity contribution is -0.0226. The maximum atomic E-state index is 10.4. The van der Waals surface area contributed by atoms with Crippen LogP contribution in [0.25, 0.3) is 0 Å². The number of halogens is 1. The molecule has 0 spiro atoms. The van der Waals surface area contributed by atoms with E-state index < -0.39 is 0 Å². The van der Waals surface area contributed by atoms with Gasteiger partial charge in [0.1, 0.15) is 5.75 Å². The third-order valence-electron chi connectivity index (χ3n) is 6.74. The van der Waals surface area contributed by atoms with Crippen LogP contribution < -0.4 is 0 Å². The Balaban J connectivity index is 1.73. The quantitative estimate of drug-likeness (QED) is 0.729. The van der Waals surface area contributed by atoms with Gasteiger partial charge >= 0.3 is 0 Å². The molecule has 0 aromatic heterocycles. The molecule has 21 heavy (non-hydrogen) atoms. The van der Waals surface area contributed by atoms with E-state index in [0.29, 0.717) is 23.5 Å². The molecule has 0 aliphatic heterocycles. The Hall–Kier alpha value is -0.540. The van der Waals surface area contributed by atoms with Crippen molar-refractivity contribution in [3.05, 3.63) is 27.7 Å². The molecule has 5 atom stereocenters. The molecule has 2 fully saturated rings. The van der Waals surface area contributed by atoms with E-state index >= 15 is 0 Å². The van der Waals surface area contributed by atoms with Gasteiger partial charge in [-0.15, -0.1) is 0 Å². The number of hydrogen-bond donors (Lipinski definition) is 2. The number of fused-ring (bicyclic) bond motifs is 5. The number of hydrogen-bond acceptors (Lipinski definition) is 2. The van der Waals surface area contributed by atoms with Crippen LogP contribution in [0.2, 0.25) is 0 Å². The van der Waals surface area contributed by atoms with Gasteiger partial charge in [0, 0.05) is 0 Å². The Morgan fingerprint density at radius 1 is 1.19 bits per heavy atom. The zero-order valence-corrected chi connectivity index (χ0v) is 14.1. The first kappa shape index (κ1) is 14.1. The van der Waals surface area contributed by atoms with Gasteiger partial charge in [0.05, 0.1) is 10.6 Å². The molecule has 114 valence electrons. The zero-order chi connectivity index (χ0) is 14.8. The van der Waals surface area contributed by atoms with Gasteiger partial charge in [-0.25, -0.2) is 0 Å². The van der Waals surface area contributed by atoms with Gasteiger partial charge in [0.25, 0.3) is 0 Å². The van der Waals surface area contributed by atoms with Gasteiger partial charge in [-0.2, -0.15) is 0 Å². The molecule has 3 aliphatic carbocycles. The molecule has 0 unspecified atom stereocenters. The van der Waals surface area contributed by atoms with Gasteiger partial charge in [-0.05, 0) is 101 Å². The number of aliphatic hydroxyl groups excluding tert-OH is 1. The fraction of sp³-hybridized carbons (Fsp3) is 0.667. The molecule has 3 heteroatoms. The molecule has 2 nitrogen and oxygen atoms in total. The zero-order valence-electron chi connectivity index (χ0n) is 12.5. The van der Waals surface area contributed by atoms with Gasteiger partial charge in [-0.1, -0.05) is 6.92 Å². The van der Waals surface area contributed by atoms with Crippen LogP contribution in [0.1, 0.15) is 56.1 Å². The first-order valence-corrected chi connectivity index (χ1v) is 8.99. The third-order valence-corrected chi connectivity index (χ3v) is 7.38. The van der Waals surface area contributed by atoms with Crippen molar-refractivity contribution in [2.24, 2.45) is 17.3 Å². The van der Waals surface area contributed by atoms with Crippen LogP contribution >= 0.6 is 15.9 Å². The van der Waals surface area contributed by atoms with Crippen molar-refractivity contribution in [1.29, 1.82) is 0 Å². The van der Waals surface area contributed by atoms with E-state index in [9.17, 15) is 10.2 Å². The molecule has 0 heterocycles. The number of aliphatic hydroxyl groups is 1. The normalized spacial score (nSPS) is 41.3. The van der Waals surface area contributed by atoms with Gasteiger partial charge in [0.15, 0.2) is 0 Å². The predicted octanol–water partition coefficient (Wildman–Crippen LogP) is 4.37. The standard InChI is InChI=1S/C18H23BrO2/c1-18-7-6-11-12(14(18)4-5-17(18)21)3-2-10-8-16(20)15(19)9-13(10)11/h8-9,11-12,14,17,20-21H,2-7H2,1H3/t11-,12+,14-,17+,18-/m0/s1. The number of rotatable bonds is 0. The van der Waals surface area contributed by atoms with E-state index in [2.05, 4.69) is 28.9 Å². The lowest BCUT2D eigenvalue weighted by Crippen LogP contribution is -2.43. The lowest BCUT2D eigenvalue weighted by Gasteiger charge is -2.50. The molecule has 0 bridgehead atoms. The van der Waals surface area contributed by atoms with E-state index in [1.165, 1.54) is 30.4 Å². The molecule has 3 aliphatic rings. The first-order valence-electron chi connectivity index (χ1n) is 8.20. The van der Waals surface area contributed by atoms with E-state index in [1.54, 1.807) is 0 Å². The van der Waals surface area contributed by atoms with Crippen LogP contribution in [0.5, 0.6) is 5.75 Å². The van der Waals surface area contributed by atoms with Crippen molar-refractivity contribution in [2.75, 3.05) is 0 Å². The molecule has 1 aromatic rings. The summed E-state index contributed by atoms with van der Waals surface area (Å²) in [6.45, 7) is 2.31. The molecule has 0 saturated heterocycles. The van der Waals surface area contributed by atoms with Crippen molar-refractivity contribution in [1.82, 2.24) is 0 Å². The maximum absolute atomic E-state index is 10.4. The van der Waals surface area contributed by atoms with Gasteiger partial charge in [0.2, 0.25) is 0 Å². The van der Waals surface area contributed by atoms with E-state index in [-0.39, 0.29) is 11.5 Å². The van der Waals surface area contributed by atoms with Gasteiger partial charge in [-0.3, -0.25) is 0 Å². The van der Waals surface area contributed by atoms with Crippen molar-refractivity contribution >= 4 is 15.9 Å². The molecule has 4 rings (SSSR count). The molecule has 0 radical (unpaired) electrons. The minimum atomic E-state index is -0.101. The second-order valence-corrected chi connectivity index (χ2v) is 8.41. The topological polar surface area (TPSA) is 40.5 Å². The summed E-state index contributed by atoms with van der Waals surface area (Å²) in [5.41, 5.74) is 2.92. The van der Waals surface area contributed by atoms with Crippen molar-refractivity contribution in [3.63, 3.8) is 0 Å². The predicted molar refractivity (Wildman–Crippen MR) is 86.4 cm³/mol. The summed E-state index contributed by atoms with van der Waals surface area (Å²) in [6.07, 6.45) is 6.67. The molecular formula is C18H23BrO2. The highest BCUT2D eigenvalue weighted by Gasteiger charge is 2.54. The Morgan fingerprint density at radius 2 is 2.00 bits per heavy atom. The monoisotopic (exact) mass is 350 g/mol. The molecule has 2 saturated carbocycles. The molecule has 2 N–H and O–H groups in total. The van der Waals surface area contributed by atoms with Crippen molar-refractivity contribution in [3.8, 4) is 5.75 Å². The summed E-state index contributed by atoms with van der Waals surface area (Å²) in [7, 11) is 0. The summed E-state index contributed by atoms with van der Waals surface area (Å²) in [4.78, 5) is 0. The average Bonchev–Trinajstić information content (AvgIpc) is 2.76. The maximum Gasteiger partial charge on any atom is 0.130 e. The van der Waals surface area contributed by atoms with Crippen LogP contribution in [0.4, 0.5) is 0 Å². The summed E-state index contributed by atoms with van der Waals surface area (Å²) in [5.74, 6) is 2.37. The van der Waals surface area contributed by atoms with Crippen LogP contribution in [0, 0.1) is 17.3 Å². The lowest BCUT2D eigenvalue weighted by atomic mass is 9.55. The Labute approximate surface area is 134 Å². The fourth-order valence-corrected chi connectivity index (χ4v) is 5.91.